The highest BCUT2D eigenvalue weighted by Crippen LogP contribution is 2.42. The Morgan fingerprint density at radius 2 is 2.06 bits per heavy atom. The fourth-order valence-electron chi connectivity index (χ4n) is 2.59. The molecule has 94 valence electrons. The molecular weight excluding hydrogens is 260 g/mol. The van der Waals surface area contributed by atoms with E-state index in [1.54, 1.807) is 19.2 Å². The first-order chi connectivity index (χ1) is 8.07. The standard InChI is InChI=1S/C13H16Cl2FN/c1-17-13(16)7-3-2-4-10(13)9-5-6-11(14)12(15)8-9/h5-6,8,10,17H,2-4,7H2,1H3. The minimum absolute atomic E-state index is 0.143. The highest BCUT2D eigenvalue weighted by Gasteiger charge is 2.40. The molecular formula is C13H16Cl2FN. The number of benzene rings is 1. The van der Waals surface area contributed by atoms with Gasteiger partial charge in [0.15, 0.2) is 5.79 Å². The van der Waals surface area contributed by atoms with E-state index in [0.29, 0.717) is 16.5 Å². The SMILES string of the molecule is CNC1(F)CCCCC1c1ccc(Cl)c(Cl)c1. The number of hydrogen-bond acceptors (Lipinski definition) is 1. The molecule has 0 amide bonds. The minimum Gasteiger partial charge on any atom is -0.288 e. The number of hydrogen-bond donors (Lipinski definition) is 1. The zero-order valence-electron chi connectivity index (χ0n) is 9.77. The molecule has 0 spiro atoms. The van der Waals surface area contributed by atoms with Crippen LogP contribution in [0, 0.1) is 0 Å². The molecule has 0 bridgehead atoms. The van der Waals surface area contributed by atoms with E-state index in [0.717, 1.165) is 24.8 Å². The van der Waals surface area contributed by atoms with Crippen LogP contribution in [-0.2, 0) is 0 Å². The van der Waals surface area contributed by atoms with Crippen molar-refractivity contribution < 1.29 is 4.39 Å². The van der Waals surface area contributed by atoms with Gasteiger partial charge in [-0.25, -0.2) is 4.39 Å². The topological polar surface area (TPSA) is 12.0 Å². The van der Waals surface area contributed by atoms with Crippen LogP contribution in [0.15, 0.2) is 18.2 Å². The molecule has 1 N–H and O–H groups in total. The summed E-state index contributed by atoms with van der Waals surface area (Å²) in [5, 5.41) is 3.83. The van der Waals surface area contributed by atoms with Gasteiger partial charge in [-0.05, 0) is 44.0 Å². The van der Waals surface area contributed by atoms with Gasteiger partial charge in [-0.15, -0.1) is 0 Å². The van der Waals surface area contributed by atoms with Crippen LogP contribution in [-0.4, -0.2) is 12.8 Å². The van der Waals surface area contributed by atoms with Gasteiger partial charge in [0.25, 0.3) is 0 Å². The van der Waals surface area contributed by atoms with Crippen LogP contribution in [0.5, 0.6) is 0 Å². The molecule has 2 rings (SSSR count). The maximum Gasteiger partial charge on any atom is 0.168 e. The van der Waals surface area contributed by atoms with Gasteiger partial charge in [0.1, 0.15) is 0 Å². The first kappa shape index (κ1) is 13.1. The average Bonchev–Trinajstić information content (AvgIpc) is 2.33. The highest BCUT2D eigenvalue weighted by molar-refractivity contribution is 6.42. The summed E-state index contributed by atoms with van der Waals surface area (Å²) in [6, 6.07) is 5.39. The van der Waals surface area contributed by atoms with Gasteiger partial charge in [-0.2, -0.15) is 0 Å². The molecule has 1 aliphatic rings. The third-order valence-corrected chi connectivity index (χ3v) is 4.34. The lowest BCUT2D eigenvalue weighted by Crippen LogP contribution is -2.46. The van der Waals surface area contributed by atoms with Gasteiger partial charge in [0.2, 0.25) is 0 Å². The highest BCUT2D eigenvalue weighted by atomic mass is 35.5. The van der Waals surface area contributed by atoms with Gasteiger partial charge < -0.3 is 0 Å². The van der Waals surface area contributed by atoms with E-state index in [1.165, 1.54) is 0 Å². The Kier molecular flexibility index (Phi) is 3.96. The maximum absolute atomic E-state index is 14.7. The smallest absolute Gasteiger partial charge is 0.168 e. The van der Waals surface area contributed by atoms with Crippen molar-refractivity contribution in [2.75, 3.05) is 7.05 Å². The van der Waals surface area contributed by atoms with Gasteiger partial charge in [0.05, 0.1) is 10.0 Å². The Balaban J connectivity index is 2.33. The van der Waals surface area contributed by atoms with Gasteiger partial charge in [-0.3, -0.25) is 5.32 Å². The molecule has 2 atom stereocenters. The predicted octanol–water partition coefficient (Wildman–Crippen LogP) is 4.54. The molecule has 17 heavy (non-hydrogen) atoms. The van der Waals surface area contributed by atoms with Crippen molar-refractivity contribution in [1.29, 1.82) is 0 Å². The fourth-order valence-corrected chi connectivity index (χ4v) is 2.90. The largest absolute Gasteiger partial charge is 0.288 e. The Morgan fingerprint density at radius 1 is 1.29 bits per heavy atom. The van der Waals surface area contributed by atoms with Crippen LogP contribution in [0.1, 0.15) is 37.2 Å². The molecule has 0 heterocycles. The number of rotatable bonds is 2. The molecule has 4 heteroatoms. The van der Waals surface area contributed by atoms with Crippen LogP contribution in [0.3, 0.4) is 0 Å². The van der Waals surface area contributed by atoms with E-state index >= 15 is 0 Å². The average molecular weight is 276 g/mol. The quantitative estimate of drug-likeness (QED) is 0.782. The van der Waals surface area contributed by atoms with E-state index in [2.05, 4.69) is 5.32 Å². The van der Waals surface area contributed by atoms with Crippen LogP contribution >= 0.6 is 23.2 Å². The Hall–Kier alpha value is -0.310. The Bertz CT molecular complexity index is 410. The first-order valence-corrected chi connectivity index (χ1v) is 6.65. The molecule has 2 unspecified atom stereocenters. The van der Waals surface area contributed by atoms with Crippen molar-refractivity contribution in [2.45, 2.75) is 37.4 Å². The summed E-state index contributed by atoms with van der Waals surface area (Å²) in [6.45, 7) is 0. The second-order valence-electron chi connectivity index (χ2n) is 4.58. The number of likely N-dealkylation sites (N-methyl/N-ethyl adjacent to an activating group) is 1. The molecule has 1 nitrogen and oxygen atoms in total. The number of halogens is 3. The monoisotopic (exact) mass is 275 g/mol. The zero-order valence-corrected chi connectivity index (χ0v) is 11.3. The minimum atomic E-state index is -1.32. The predicted molar refractivity (Wildman–Crippen MR) is 70.6 cm³/mol. The third kappa shape index (κ3) is 2.59. The van der Waals surface area contributed by atoms with Crippen molar-refractivity contribution in [3.05, 3.63) is 33.8 Å². The van der Waals surface area contributed by atoms with Crippen molar-refractivity contribution >= 4 is 23.2 Å². The fraction of sp³-hybridized carbons (Fsp3) is 0.538. The molecule has 1 aromatic rings. The van der Waals surface area contributed by atoms with Gasteiger partial charge in [0, 0.05) is 5.92 Å². The normalized spacial score (nSPS) is 29.3. The molecule has 0 radical (unpaired) electrons. The maximum atomic E-state index is 14.7. The summed E-state index contributed by atoms with van der Waals surface area (Å²) in [5.41, 5.74) is 0.927. The molecule has 0 saturated heterocycles. The lowest BCUT2D eigenvalue weighted by molar-refractivity contribution is 0.0498. The molecule has 1 fully saturated rings. The van der Waals surface area contributed by atoms with Crippen molar-refractivity contribution in [1.82, 2.24) is 5.32 Å². The van der Waals surface area contributed by atoms with Crippen molar-refractivity contribution in [2.24, 2.45) is 0 Å². The molecule has 0 aromatic heterocycles. The van der Waals surface area contributed by atoms with E-state index in [-0.39, 0.29) is 5.92 Å². The molecule has 1 saturated carbocycles. The summed E-state index contributed by atoms with van der Waals surface area (Å²) >= 11 is 11.9. The summed E-state index contributed by atoms with van der Waals surface area (Å²) < 4.78 is 14.7. The summed E-state index contributed by atoms with van der Waals surface area (Å²) in [4.78, 5) is 0. The summed E-state index contributed by atoms with van der Waals surface area (Å²) in [6.07, 6.45) is 3.37. The zero-order chi connectivity index (χ0) is 12.5. The van der Waals surface area contributed by atoms with Crippen LogP contribution in [0.25, 0.3) is 0 Å². The summed E-state index contributed by atoms with van der Waals surface area (Å²) in [7, 11) is 1.68. The summed E-state index contributed by atoms with van der Waals surface area (Å²) in [5.74, 6) is -1.47. The second-order valence-corrected chi connectivity index (χ2v) is 5.40. The Labute approximate surface area is 111 Å². The van der Waals surface area contributed by atoms with E-state index in [1.807, 2.05) is 6.07 Å². The molecule has 1 aliphatic carbocycles. The van der Waals surface area contributed by atoms with E-state index in [4.69, 9.17) is 23.2 Å². The van der Waals surface area contributed by atoms with Crippen molar-refractivity contribution in [3.63, 3.8) is 0 Å². The van der Waals surface area contributed by atoms with E-state index in [9.17, 15) is 4.39 Å². The van der Waals surface area contributed by atoms with Gasteiger partial charge in [-0.1, -0.05) is 35.7 Å². The molecule has 0 aliphatic heterocycles. The lowest BCUT2D eigenvalue weighted by atomic mass is 9.78. The second kappa shape index (κ2) is 5.13. The number of nitrogens with one attached hydrogen (secondary N) is 1. The third-order valence-electron chi connectivity index (χ3n) is 3.60. The Morgan fingerprint density at radius 3 is 2.71 bits per heavy atom. The van der Waals surface area contributed by atoms with Crippen LogP contribution in [0.2, 0.25) is 10.0 Å². The van der Waals surface area contributed by atoms with E-state index < -0.39 is 5.79 Å². The molecule has 1 aromatic carbocycles. The first-order valence-electron chi connectivity index (χ1n) is 5.89. The number of alkyl halides is 1. The van der Waals surface area contributed by atoms with Crippen LogP contribution < -0.4 is 5.32 Å². The lowest BCUT2D eigenvalue weighted by Gasteiger charge is -2.37. The van der Waals surface area contributed by atoms with Gasteiger partial charge >= 0.3 is 0 Å². The van der Waals surface area contributed by atoms with Crippen molar-refractivity contribution in [3.8, 4) is 0 Å². The van der Waals surface area contributed by atoms with Crippen LogP contribution in [0.4, 0.5) is 4.39 Å².